The highest BCUT2D eigenvalue weighted by Gasteiger charge is 2.37. The molecule has 3 aromatic rings. The van der Waals surface area contributed by atoms with Crippen LogP contribution in [0.5, 0.6) is 0 Å². The molecule has 0 spiro atoms. The fourth-order valence-corrected chi connectivity index (χ4v) is 5.63. The van der Waals surface area contributed by atoms with Gasteiger partial charge in [0.2, 0.25) is 0 Å². The zero-order chi connectivity index (χ0) is 20.8. The minimum absolute atomic E-state index is 0.00738. The first-order valence-electron chi connectivity index (χ1n) is 9.18. The van der Waals surface area contributed by atoms with Gasteiger partial charge in [0.1, 0.15) is 11.4 Å². The van der Waals surface area contributed by atoms with Crippen molar-refractivity contribution < 1.29 is 22.0 Å². The van der Waals surface area contributed by atoms with Crippen molar-refractivity contribution in [3.05, 3.63) is 70.2 Å². The number of halogens is 2. The van der Waals surface area contributed by atoms with Crippen LogP contribution in [0.15, 0.2) is 46.9 Å². The maximum Gasteiger partial charge on any atom is 0.290 e. The van der Waals surface area contributed by atoms with Gasteiger partial charge in [-0.2, -0.15) is 0 Å². The summed E-state index contributed by atoms with van der Waals surface area (Å²) in [4.78, 5) is 14.8. The normalized spacial score (nSPS) is 18.2. The monoisotopic (exact) mass is 435 g/mol. The first kappa shape index (κ1) is 19.9. The Kier molecular flexibility index (Phi) is 5.12. The second kappa shape index (κ2) is 7.46. The Balaban J connectivity index is 1.75. The average molecular weight is 436 g/mol. The first-order chi connectivity index (χ1) is 13.7. The smallest absolute Gasteiger partial charge is 0.290 e. The van der Waals surface area contributed by atoms with Crippen molar-refractivity contribution in [3.63, 3.8) is 0 Å². The Bertz CT molecular complexity index is 1200. The molecule has 4 rings (SSSR count). The van der Waals surface area contributed by atoms with Crippen LogP contribution < -0.4 is 0 Å². The third-order valence-corrected chi connectivity index (χ3v) is 7.29. The standard InChI is InChI=1S/C21H19ClFNO4S/c1-13-17-10-15(22)6-7-19(17)28-20(13)21(25)24(16-8-9-29(26,27)12-16)11-14-4-2-3-5-18(14)23/h2-7,10,16H,8-9,11-12H2,1H3/t16-/m1/s1. The average Bonchev–Trinajstić information content (AvgIpc) is 3.20. The van der Waals surface area contributed by atoms with Crippen molar-refractivity contribution in [1.82, 2.24) is 4.90 Å². The lowest BCUT2D eigenvalue weighted by Gasteiger charge is -2.28. The number of fused-ring (bicyclic) bond motifs is 1. The predicted molar refractivity (Wildman–Crippen MR) is 109 cm³/mol. The highest BCUT2D eigenvalue weighted by atomic mass is 35.5. The Morgan fingerprint density at radius 2 is 2.03 bits per heavy atom. The van der Waals surface area contributed by atoms with Crippen molar-refractivity contribution in [3.8, 4) is 0 Å². The van der Waals surface area contributed by atoms with E-state index < -0.39 is 27.6 Å². The summed E-state index contributed by atoms with van der Waals surface area (Å²) in [5.74, 6) is -0.923. The van der Waals surface area contributed by atoms with Crippen LogP contribution in [0.4, 0.5) is 4.39 Å². The number of carbonyl (C=O) groups excluding carboxylic acids is 1. The summed E-state index contributed by atoms with van der Waals surface area (Å²) >= 11 is 6.06. The quantitative estimate of drug-likeness (QED) is 0.610. The summed E-state index contributed by atoms with van der Waals surface area (Å²) in [6, 6.07) is 10.7. The maximum absolute atomic E-state index is 14.3. The van der Waals surface area contributed by atoms with Crippen LogP contribution in [0.3, 0.4) is 0 Å². The second-order valence-corrected chi connectivity index (χ2v) is 9.94. The van der Waals surface area contributed by atoms with Gasteiger partial charge in [-0.3, -0.25) is 4.79 Å². The third-order valence-electron chi connectivity index (χ3n) is 5.30. The fourth-order valence-electron chi connectivity index (χ4n) is 3.73. The van der Waals surface area contributed by atoms with E-state index in [4.69, 9.17) is 16.0 Å². The van der Waals surface area contributed by atoms with Gasteiger partial charge < -0.3 is 9.32 Å². The molecule has 0 bridgehead atoms. The van der Waals surface area contributed by atoms with Crippen molar-refractivity contribution >= 4 is 38.3 Å². The van der Waals surface area contributed by atoms with Crippen molar-refractivity contribution in [2.24, 2.45) is 0 Å². The lowest BCUT2D eigenvalue weighted by Crippen LogP contribution is -2.41. The van der Waals surface area contributed by atoms with E-state index in [0.29, 0.717) is 33.5 Å². The molecule has 8 heteroatoms. The van der Waals surface area contributed by atoms with Gasteiger partial charge >= 0.3 is 0 Å². The van der Waals surface area contributed by atoms with Crippen LogP contribution in [0, 0.1) is 12.7 Å². The number of furan rings is 1. The van der Waals surface area contributed by atoms with Crippen LogP contribution in [0.1, 0.15) is 28.1 Å². The zero-order valence-electron chi connectivity index (χ0n) is 15.7. The van der Waals surface area contributed by atoms with Gasteiger partial charge in [0.25, 0.3) is 5.91 Å². The van der Waals surface area contributed by atoms with E-state index in [9.17, 15) is 17.6 Å². The third kappa shape index (κ3) is 3.89. The number of hydrogen-bond acceptors (Lipinski definition) is 4. The van der Waals surface area contributed by atoms with Gasteiger partial charge in [-0.05, 0) is 37.6 Å². The largest absolute Gasteiger partial charge is 0.451 e. The molecular weight excluding hydrogens is 417 g/mol. The minimum Gasteiger partial charge on any atom is -0.451 e. The van der Waals surface area contributed by atoms with Gasteiger partial charge in [-0.25, -0.2) is 12.8 Å². The van der Waals surface area contributed by atoms with E-state index in [1.165, 1.54) is 11.0 Å². The van der Waals surface area contributed by atoms with Gasteiger partial charge in [0, 0.05) is 34.1 Å². The van der Waals surface area contributed by atoms with Gasteiger partial charge in [-0.1, -0.05) is 29.8 Å². The Morgan fingerprint density at radius 1 is 1.28 bits per heavy atom. The van der Waals surface area contributed by atoms with Crippen LogP contribution in [0.25, 0.3) is 11.0 Å². The van der Waals surface area contributed by atoms with Crippen molar-refractivity contribution in [2.45, 2.75) is 25.9 Å². The van der Waals surface area contributed by atoms with E-state index >= 15 is 0 Å². The molecule has 1 fully saturated rings. The van der Waals surface area contributed by atoms with Crippen LogP contribution in [-0.2, 0) is 16.4 Å². The van der Waals surface area contributed by atoms with E-state index in [2.05, 4.69) is 0 Å². The van der Waals surface area contributed by atoms with E-state index in [1.54, 1.807) is 43.3 Å². The van der Waals surface area contributed by atoms with Crippen molar-refractivity contribution in [2.75, 3.05) is 11.5 Å². The number of hydrogen-bond donors (Lipinski definition) is 0. The summed E-state index contributed by atoms with van der Waals surface area (Å²) in [6.45, 7) is 1.71. The Hall–Kier alpha value is -2.38. The number of benzene rings is 2. The Morgan fingerprint density at radius 3 is 2.72 bits per heavy atom. The lowest BCUT2D eigenvalue weighted by atomic mass is 10.1. The molecule has 29 heavy (non-hydrogen) atoms. The maximum atomic E-state index is 14.3. The van der Waals surface area contributed by atoms with Gasteiger partial charge in [0.05, 0.1) is 11.5 Å². The molecule has 1 saturated heterocycles. The molecule has 0 saturated carbocycles. The van der Waals surface area contributed by atoms with Crippen molar-refractivity contribution in [1.29, 1.82) is 0 Å². The number of nitrogens with zero attached hydrogens (tertiary/aromatic N) is 1. The summed E-state index contributed by atoms with van der Waals surface area (Å²) in [5.41, 5.74) is 1.45. The molecule has 1 atom stereocenters. The molecule has 0 unspecified atom stereocenters. The summed E-state index contributed by atoms with van der Waals surface area (Å²) in [7, 11) is -3.23. The molecule has 2 aromatic carbocycles. The zero-order valence-corrected chi connectivity index (χ0v) is 17.3. The first-order valence-corrected chi connectivity index (χ1v) is 11.4. The van der Waals surface area contributed by atoms with Gasteiger partial charge in [0.15, 0.2) is 15.6 Å². The summed E-state index contributed by atoms with van der Waals surface area (Å²) < 4.78 is 44.1. The van der Waals surface area contributed by atoms with Crippen LogP contribution in [-0.4, -0.2) is 36.8 Å². The van der Waals surface area contributed by atoms with Crippen LogP contribution >= 0.6 is 11.6 Å². The molecule has 1 aliphatic rings. The molecule has 5 nitrogen and oxygen atoms in total. The Labute approximate surface area is 173 Å². The fraction of sp³-hybridized carbons (Fsp3) is 0.286. The van der Waals surface area contributed by atoms with E-state index in [1.807, 2.05) is 0 Å². The highest BCUT2D eigenvalue weighted by Crippen LogP contribution is 2.31. The second-order valence-electron chi connectivity index (χ2n) is 7.28. The van der Waals surface area contributed by atoms with E-state index in [0.717, 1.165) is 0 Å². The molecule has 0 aliphatic carbocycles. The molecular formula is C21H19ClFNO4S. The van der Waals surface area contributed by atoms with E-state index in [-0.39, 0.29) is 23.8 Å². The number of sulfone groups is 1. The predicted octanol–water partition coefficient (Wildman–Crippen LogP) is 4.36. The van der Waals surface area contributed by atoms with Gasteiger partial charge in [-0.15, -0.1) is 0 Å². The topological polar surface area (TPSA) is 67.6 Å². The number of aryl methyl sites for hydroxylation is 1. The van der Waals surface area contributed by atoms with Crippen LogP contribution in [0.2, 0.25) is 5.02 Å². The molecule has 1 aliphatic heterocycles. The summed E-state index contributed by atoms with van der Waals surface area (Å²) in [6.07, 6.45) is 0.313. The molecule has 2 heterocycles. The molecule has 0 N–H and O–H groups in total. The highest BCUT2D eigenvalue weighted by molar-refractivity contribution is 7.91. The molecule has 152 valence electrons. The molecule has 0 radical (unpaired) electrons. The molecule has 1 amide bonds. The number of rotatable bonds is 4. The minimum atomic E-state index is -3.23. The lowest BCUT2D eigenvalue weighted by molar-refractivity contribution is 0.0647. The molecule has 1 aromatic heterocycles. The summed E-state index contributed by atoms with van der Waals surface area (Å²) in [5, 5.41) is 1.23. The number of carbonyl (C=O) groups is 1. The SMILES string of the molecule is Cc1c(C(=O)N(Cc2ccccc2F)[C@@H]2CCS(=O)(=O)C2)oc2ccc(Cl)cc12. The number of amides is 1.